The lowest BCUT2D eigenvalue weighted by Crippen LogP contribution is -2.24. The van der Waals surface area contributed by atoms with Crippen LogP contribution in [0.3, 0.4) is 0 Å². The van der Waals surface area contributed by atoms with Gasteiger partial charge in [-0.15, -0.1) is 0 Å². The topological polar surface area (TPSA) is 143 Å². The Morgan fingerprint density at radius 1 is 1.17 bits per heavy atom. The third-order valence-electron chi connectivity index (χ3n) is 3.44. The fourth-order valence-electron chi connectivity index (χ4n) is 2.46. The number of hydrogen-bond donors (Lipinski definition) is 4. The maximum Gasteiger partial charge on any atom is 0.342 e. The standard InChI is InChI=1S/C15H13BrN2O6/c1-5-3-4-6(16)11(24-2)7(5)8-9(14(20)21)12(17)18-13(19)10(8)15(22)23/h3-4H,1-2H3,(H,20,21)(H,22,23)(H3,17,18,19). The van der Waals surface area contributed by atoms with Gasteiger partial charge in [0.15, 0.2) is 0 Å². The van der Waals surface area contributed by atoms with E-state index in [1.165, 1.54) is 7.11 Å². The molecule has 9 heteroatoms. The number of pyridine rings is 1. The average molecular weight is 397 g/mol. The van der Waals surface area contributed by atoms with Crippen LogP contribution in [0.2, 0.25) is 0 Å². The Morgan fingerprint density at radius 2 is 1.75 bits per heavy atom. The molecule has 5 N–H and O–H groups in total. The van der Waals surface area contributed by atoms with Crippen molar-refractivity contribution in [3.05, 3.63) is 43.6 Å². The van der Waals surface area contributed by atoms with Crippen LogP contribution in [0.1, 0.15) is 26.3 Å². The van der Waals surface area contributed by atoms with Crippen molar-refractivity contribution in [3.8, 4) is 16.9 Å². The summed E-state index contributed by atoms with van der Waals surface area (Å²) in [5, 5.41) is 18.9. The average Bonchev–Trinajstić information content (AvgIpc) is 2.47. The number of halogens is 1. The Bertz CT molecular complexity index is 919. The van der Waals surface area contributed by atoms with Gasteiger partial charge in [-0.25, -0.2) is 9.59 Å². The minimum absolute atomic E-state index is 0.166. The molecule has 0 saturated carbocycles. The highest BCUT2D eigenvalue weighted by Crippen LogP contribution is 2.42. The molecule has 0 bridgehead atoms. The number of carboxylic acid groups (broad SMARTS) is 2. The summed E-state index contributed by atoms with van der Waals surface area (Å²) in [6.07, 6.45) is 0. The lowest BCUT2D eigenvalue weighted by Gasteiger charge is -2.18. The fourth-order valence-corrected chi connectivity index (χ4v) is 2.95. The first-order chi connectivity index (χ1) is 11.2. The van der Waals surface area contributed by atoms with E-state index in [2.05, 4.69) is 20.9 Å². The molecular weight excluding hydrogens is 384 g/mol. The van der Waals surface area contributed by atoms with E-state index >= 15 is 0 Å². The number of aromatic amines is 1. The normalized spacial score (nSPS) is 10.5. The van der Waals surface area contributed by atoms with Crippen LogP contribution >= 0.6 is 15.9 Å². The SMILES string of the molecule is COc1c(Br)ccc(C)c1-c1c(C(=O)O)c(N)[nH]c(=O)c1C(=O)O. The van der Waals surface area contributed by atoms with Crippen molar-refractivity contribution in [2.75, 3.05) is 12.8 Å². The zero-order valence-corrected chi connectivity index (χ0v) is 14.2. The Morgan fingerprint density at radius 3 is 2.25 bits per heavy atom. The zero-order valence-electron chi connectivity index (χ0n) is 12.6. The number of hydrogen-bond acceptors (Lipinski definition) is 5. The molecule has 0 spiro atoms. The number of carboxylic acids is 2. The first kappa shape index (κ1) is 17.5. The van der Waals surface area contributed by atoms with Crippen LogP contribution in [-0.2, 0) is 0 Å². The number of ether oxygens (including phenoxy) is 1. The monoisotopic (exact) mass is 396 g/mol. The molecule has 1 heterocycles. The van der Waals surface area contributed by atoms with E-state index in [-0.39, 0.29) is 16.9 Å². The molecule has 0 amide bonds. The molecule has 0 unspecified atom stereocenters. The molecule has 0 aliphatic carbocycles. The quantitative estimate of drug-likeness (QED) is 0.619. The van der Waals surface area contributed by atoms with Crippen molar-refractivity contribution < 1.29 is 24.5 Å². The van der Waals surface area contributed by atoms with Crippen LogP contribution in [0, 0.1) is 6.92 Å². The number of nitrogens with two attached hydrogens (primary N) is 1. The number of aromatic carboxylic acids is 2. The molecule has 0 atom stereocenters. The molecule has 126 valence electrons. The number of nitrogen functional groups attached to an aromatic ring is 1. The zero-order chi connectivity index (χ0) is 18.2. The minimum Gasteiger partial charge on any atom is -0.495 e. The Kier molecular flexibility index (Phi) is 4.65. The van der Waals surface area contributed by atoms with Crippen LogP contribution in [0.5, 0.6) is 5.75 Å². The van der Waals surface area contributed by atoms with Gasteiger partial charge in [-0.1, -0.05) is 6.07 Å². The highest BCUT2D eigenvalue weighted by atomic mass is 79.9. The molecule has 24 heavy (non-hydrogen) atoms. The number of rotatable bonds is 4. The molecule has 0 radical (unpaired) electrons. The summed E-state index contributed by atoms with van der Waals surface area (Å²) in [6.45, 7) is 1.64. The van der Waals surface area contributed by atoms with Gasteiger partial charge < -0.3 is 25.7 Å². The highest BCUT2D eigenvalue weighted by molar-refractivity contribution is 9.10. The fraction of sp³-hybridized carbons (Fsp3) is 0.133. The number of aromatic nitrogens is 1. The second kappa shape index (κ2) is 6.36. The van der Waals surface area contributed by atoms with E-state index in [1.54, 1.807) is 19.1 Å². The number of benzene rings is 1. The van der Waals surface area contributed by atoms with Gasteiger partial charge >= 0.3 is 11.9 Å². The summed E-state index contributed by atoms with van der Waals surface area (Å²) in [5.74, 6) is -3.28. The molecule has 0 aliphatic rings. The third kappa shape index (κ3) is 2.73. The number of anilines is 1. The largest absolute Gasteiger partial charge is 0.495 e. The summed E-state index contributed by atoms with van der Waals surface area (Å²) in [5.41, 5.74) is 3.79. The number of aryl methyl sites for hydroxylation is 1. The number of nitrogens with one attached hydrogen (secondary N) is 1. The van der Waals surface area contributed by atoms with Gasteiger partial charge in [0.1, 0.15) is 22.7 Å². The number of methoxy groups -OCH3 is 1. The lowest BCUT2D eigenvalue weighted by atomic mass is 9.91. The number of H-pyrrole nitrogens is 1. The molecule has 0 saturated heterocycles. The predicted octanol–water partition coefficient (Wildman–Crippen LogP) is 2.10. The Hall–Kier alpha value is -2.81. The van der Waals surface area contributed by atoms with Gasteiger partial charge in [-0.2, -0.15) is 0 Å². The molecule has 8 nitrogen and oxygen atoms in total. The molecule has 0 aliphatic heterocycles. The Labute approximate surface area is 144 Å². The van der Waals surface area contributed by atoms with Crippen molar-refractivity contribution in [1.29, 1.82) is 0 Å². The molecular formula is C15H13BrN2O6. The summed E-state index contributed by atoms with van der Waals surface area (Å²) in [6, 6.07) is 3.30. The first-order valence-corrected chi connectivity index (χ1v) is 7.35. The smallest absolute Gasteiger partial charge is 0.342 e. The molecule has 2 rings (SSSR count). The van der Waals surface area contributed by atoms with E-state index in [0.29, 0.717) is 10.0 Å². The van der Waals surface area contributed by atoms with Crippen molar-refractivity contribution in [2.45, 2.75) is 6.92 Å². The van der Waals surface area contributed by atoms with Crippen LogP contribution in [-0.4, -0.2) is 34.2 Å². The predicted molar refractivity (Wildman–Crippen MR) is 89.8 cm³/mol. The van der Waals surface area contributed by atoms with Gasteiger partial charge in [-0.3, -0.25) is 4.79 Å². The maximum absolute atomic E-state index is 12.1. The molecule has 1 aromatic heterocycles. The van der Waals surface area contributed by atoms with Crippen LogP contribution < -0.4 is 16.0 Å². The van der Waals surface area contributed by atoms with E-state index in [1.807, 2.05) is 0 Å². The van der Waals surface area contributed by atoms with E-state index in [0.717, 1.165) is 0 Å². The van der Waals surface area contributed by atoms with Crippen molar-refractivity contribution in [1.82, 2.24) is 4.98 Å². The lowest BCUT2D eigenvalue weighted by molar-refractivity contribution is 0.0695. The maximum atomic E-state index is 12.1. The third-order valence-corrected chi connectivity index (χ3v) is 4.07. The summed E-state index contributed by atoms with van der Waals surface area (Å²) in [7, 11) is 1.35. The summed E-state index contributed by atoms with van der Waals surface area (Å²) < 4.78 is 5.74. The first-order valence-electron chi connectivity index (χ1n) is 6.56. The minimum atomic E-state index is -1.57. The van der Waals surface area contributed by atoms with Crippen molar-refractivity contribution >= 4 is 33.7 Å². The summed E-state index contributed by atoms with van der Waals surface area (Å²) in [4.78, 5) is 37.4. The van der Waals surface area contributed by atoms with Crippen LogP contribution in [0.15, 0.2) is 21.4 Å². The van der Waals surface area contributed by atoms with Crippen molar-refractivity contribution in [3.63, 3.8) is 0 Å². The van der Waals surface area contributed by atoms with Gasteiger partial charge in [0.05, 0.1) is 11.6 Å². The highest BCUT2D eigenvalue weighted by Gasteiger charge is 2.29. The van der Waals surface area contributed by atoms with Gasteiger partial charge in [0.2, 0.25) is 0 Å². The Balaban J connectivity index is 3.15. The van der Waals surface area contributed by atoms with Gasteiger partial charge in [-0.05, 0) is 34.5 Å². The van der Waals surface area contributed by atoms with Gasteiger partial charge in [0.25, 0.3) is 5.56 Å². The van der Waals surface area contributed by atoms with E-state index in [4.69, 9.17) is 10.5 Å². The summed E-state index contributed by atoms with van der Waals surface area (Å²) >= 11 is 3.26. The van der Waals surface area contributed by atoms with Crippen LogP contribution in [0.25, 0.3) is 11.1 Å². The van der Waals surface area contributed by atoms with Crippen molar-refractivity contribution in [2.24, 2.45) is 0 Å². The van der Waals surface area contributed by atoms with E-state index < -0.39 is 34.4 Å². The van der Waals surface area contributed by atoms with E-state index in [9.17, 15) is 24.6 Å². The number of carbonyl (C=O) groups is 2. The molecule has 1 aromatic carbocycles. The van der Waals surface area contributed by atoms with Crippen LogP contribution in [0.4, 0.5) is 5.82 Å². The second-order valence-corrected chi connectivity index (χ2v) is 5.73. The van der Waals surface area contributed by atoms with Gasteiger partial charge in [0, 0.05) is 11.1 Å². The molecule has 2 aromatic rings. The molecule has 0 fully saturated rings. The second-order valence-electron chi connectivity index (χ2n) is 4.88.